The highest BCUT2D eigenvalue weighted by molar-refractivity contribution is 9.10. The van der Waals surface area contributed by atoms with E-state index in [0.29, 0.717) is 12.8 Å². The van der Waals surface area contributed by atoms with E-state index in [4.69, 9.17) is 13.6 Å². The van der Waals surface area contributed by atoms with Gasteiger partial charge < -0.3 is 13.6 Å². The van der Waals surface area contributed by atoms with Crippen molar-refractivity contribution in [3.63, 3.8) is 0 Å². The molecule has 0 unspecified atom stereocenters. The van der Waals surface area contributed by atoms with Crippen molar-refractivity contribution >= 4 is 41.4 Å². The Kier molecular flexibility index (Phi) is 8.70. The second-order valence-corrected chi connectivity index (χ2v) is 8.52. The van der Waals surface area contributed by atoms with Crippen molar-refractivity contribution in [3.8, 4) is 0 Å². The minimum atomic E-state index is -0.553. The summed E-state index contributed by atoms with van der Waals surface area (Å²) in [6.07, 6.45) is 0.832. The molecule has 0 aliphatic rings. The highest BCUT2D eigenvalue weighted by Crippen LogP contribution is 2.32. The Balaban J connectivity index is 3.03. The maximum atomic E-state index is 11.4. The monoisotopic (exact) mass is 418 g/mol. The summed E-state index contributed by atoms with van der Waals surface area (Å²) in [6, 6.07) is 6.27. The van der Waals surface area contributed by atoms with Crippen molar-refractivity contribution in [2.45, 2.75) is 51.5 Å². The largest absolute Gasteiger partial charge is 0.469 e. The van der Waals surface area contributed by atoms with E-state index < -0.39 is 19.5 Å². The van der Waals surface area contributed by atoms with Crippen LogP contribution in [0.4, 0.5) is 0 Å². The van der Waals surface area contributed by atoms with Gasteiger partial charge in [-0.1, -0.05) is 55.0 Å². The second-order valence-electron chi connectivity index (χ2n) is 5.85. The molecule has 0 N–H and O–H groups in total. The molecular weight excluding hydrogens is 392 g/mol. The smallest absolute Gasteiger partial charge is 0.305 e. The van der Waals surface area contributed by atoms with Crippen LogP contribution < -0.4 is 0 Å². The molecule has 0 aromatic heterocycles. The molecule has 0 aliphatic heterocycles. The van der Waals surface area contributed by atoms with Crippen molar-refractivity contribution in [1.29, 1.82) is 0 Å². The minimum absolute atomic E-state index is 0.189. The summed E-state index contributed by atoms with van der Waals surface area (Å²) < 4.78 is 17.6. The molecule has 0 fully saturated rings. The fourth-order valence-electron chi connectivity index (χ4n) is 2.41. The number of hydrogen-bond acceptors (Lipinski definition) is 4. The summed E-state index contributed by atoms with van der Waals surface area (Å²) >= 11 is 3.57. The molecule has 130 valence electrons. The number of halogens is 1. The van der Waals surface area contributed by atoms with Crippen LogP contribution in [0.5, 0.6) is 0 Å². The number of carbonyl (C=O) groups is 1. The number of benzene rings is 1. The number of esters is 1. The maximum absolute atomic E-state index is 11.4. The topological polar surface area (TPSA) is 44.8 Å². The van der Waals surface area contributed by atoms with Gasteiger partial charge in [0.1, 0.15) is 6.29 Å². The summed E-state index contributed by atoms with van der Waals surface area (Å²) in [5.74, 6) is -0.194. The SMILES string of the molecule is COC(=O)CCc1cc(C(C)(C)C(O[SiH2]C)O[SiH2]C)ccc1Br. The van der Waals surface area contributed by atoms with E-state index in [2.05, 4.69) is 55.0 Å². The van der Waals surface area contributed by atoms with E-state index in [1.165, 1.54) is 7.11 Å². The van der Waals surface area contributed by atoms with Crippen molar-refractivity contribution in [2.75, 3.05) is 7.11 Å². The number of hydrogen-bond donors (Lipinski definition) is 0. The first-order valence-corrected chi connectivity index (χ1v) is 12.7. The molecule has 0 bridgehead atoms. The predicted molar refractivity (Wildman–Crippen MR) is 102 cm³/mol. The maximum Gasteiger partial charge on any atom is 0.305 e. The molecule has 0 amide bonds. The quantitative estimate of drug-likeness (QED) is 0.351. The lowest BCUT2D eigenvalue weighted by molar-refractivity contribution is -0.140. The van der Waals surface area contributed by atoms with E-state index in [-0.39, 0.29) is 17.7 Å². The second kappa shape index (κ2) is 9.73. The van der Waals surface area contributed by atoms with E-state index >= 15 is 0 Å². The van der Waals surface area contributed by atoms with Gasteiger partial charge in [-0.3, -0.25) is 4.79 Å². The predicted octanol–water partition coefficient (Wildman–Crippen LogP) is 2.46. The van der Waals surface area contributed by atoms with Gasteiger partial charge in [-0.15, -0.1) is 0 Å². The molecule has 23 heavy (non-hydrogen) atoms. The first-order chi connectivity index (χ1) is 10.9. The number of ether oxygens (including phenoxy) is 1. The molecule has 0 saturated carbocycles. The zero-order valence-electron chi connectivity index (χ0n) is 14.6. The van der Waals surface area contributed by atoms with Gasteiger partial charge in [0, 0.05) is 16.3 Å². The summed E-state index contributed by atoms with van der Waals surface area (Å²) in [4.78, 5) is 11.4. The molecule has 0 saturated heterocycles. The molecule has 0 radical (unpaired) electrons. The van der Waals surface area contributed by atoms with Gasteiger partial charge in [0.2, 0.25) is 0 Å². The van der Waals surface area contributed by atoms with E-state index in [1.807, 2.05) is 6.07 Å². The van der Waals surface area contributed by atoms with Crippen molar-refractivity contribution in [2.24, 2.45) is 0 Å². The lowest BCUT2D eigenvalue weighted by atomic mass is 9.83. The van der Waals surface area contributed by atoms with Crippen LogP contribution in [0.2, 0.25) is 13.1 Å². The average molecular weight is 419 g/mol. The third kappa shape index (κ3) is 5.83. The molecule has 1 rings (SSSR count). The van der Waals surface area contributed by atoms with Crippen LogP contribution >= 0.6 is 15.9 Å². The Hall–Kier alpha value is -0.476. The first kappa shape index (κ1) is 20.6. The minimum Gasteiger partial charge on any atom is -0.469 e. The summed E-state index contributed by atoms with van der Waals surface area (Å²) in [7, 11) is 0.311. The van der Waals surface area contributed by atoms with Crippen LogP contribution in [0.15, 0.2) is 22.7 Å². The number of aryl methyl sites for hydroxylation is 1. The number of rotatable bonds is 9. The fourth-order valence-corrected chi connectivity index (χ4v) is 4.68. The highest BCUT2D eigenvalue weighted by Gasteiger charge is 2.32. The lowest BCUT2D eigenvalue weighted by Crippen LogP contribution is -2.39. The van der Waals surface area contributed by atoms with Gasteiger partial charge >= 0.3 is 5.97 Å². The summed E-state index contributed by atoms with van der Waals surface area (Å²) in [6.45, 7) is 8.54. The third-order valence-electron chi connectivity index (χ3n) is 3.84. The molecule has 0 atom stereocenters. The lowest BCUT2D eigenvalue weighted by Gasteiger charge is -2.35. The third-order valence-corrected chi connectivity index (χ3v) is 5.89. The van der Waals surface area contributed by atoms with Gasteiger partial charge in [0.15, 0.2) is 19.5 Å². The van der Waals surface area contributed by atoms with Gasteiger partial charge in [0.25, 0.3) is 0 Å². The Morgan fingerprint density at radius 2 is 1.87 bits per heavy atom. The Labute approximate surface area is 152 Å². The first-order valence-electron chi connectivity index (χ1n) is 7.95. The molecule has 0 heterocycles. The molecule has 0 aliphatic carbocycles. The van der Waals surface area contributed by atoms with Gasteiger partial charge in [-0.2, -0.15) is 0 Å². The molecule has 1 aromatic carbocycles. The molecule has 1 aromatic rings. The standard InChI is InChI=1S/C16H27BrO4Si2/c1-16(2,15(20-22-4)21-23-5)12-7-8-13(17)11(10-12)6-9-14(18)19-3/h7-8,10,15H,6,9,22-23H2,1-5H3. The number of methoxy groups -OCH3 is 1. The summed E-state index contributed by atoms with van der Waals surface area (Å²) in [5.41, 5.74) is 2.03. The van der Waals surface area contributed by atoms with Crippen LogP contribution in [-0.2, 0) is 30.2 Å². The van der Waals surface area contributed by atoms with Gasteiger partial charge in [0.05, 0.1) is 7.11 Å². The Bertz CT molecular complexity index is 517. The zero-order chi connectivity index (χ0) is 17.5. The van der Waals surface area contributed by atoms with Crippen LogP contribution in [-0.4, -0.2) is 38.9 Å². The van der Waals surface area contributed by atoms with E-state index in [9.17, 15) is 4.79 Å². The molecule has 0 spiro atoms. The van der Waals surface area contributed by atoms with Crippen LogP contribution in [0.25, 0.3) is 0 Å². The summed E-state index contributed by atoms with van der Waals surface area (Å²) in [5, 5.41) is 0. The molecular formula is C16H27BrO4Si2. The fraction of sp³-hybridized carbons (Fsp3) is 0.562. The van der Waals surface area contributed by atoms with Gasteiger partial charge in [-0.25, -0.2) is 0 Å². The van der Waals surface area contributed by atoms with Crippen molar-refractivity contribution in [1.82, 2.24) is 0 Å². The Morgan fingerprint density at radius 1 is 1.26 bits per heavy atom. The van der Waals surface area contributed by atoms with Crippen molar-refractivity contribution < 1.29 is 18.4 Å². The van der Waals surface area contributed by atoms with Crippen molar-refractivity contribution in [3.05, 3.63) is 33.8 Å². The van der Waals surface area contributed by atoms with Crippen LogP contribution in [0.1, 0.15) is 31.4 Å². The van der Waals surface area contributed by atoms with E-state index in [0.717, 1.165) is 15.6 Å². The van der Waals surface area contributed by atoms with Crippen LogP contribution in [0, 0.1) is 0 Å². The van der Waals surface area contributed by atoms with E-state index in [1.54, 1.807) is 0 Å². The zero-order valence-corrected chi connectivity index (χ0v) is 19.1. The molecule has 7 heteroatoms. The normalized spacial score (nSPS) is 14.0. The van der Waals surface area contributed by atoms with Gasteiger partial charge in [-0.05, 0) is 23.6 Å². The van der Waals surface area contributed by atoms with Crippen LogP contribution in [0.3, 0.4) is 0 Å². The molecule has 4 nitrogen and oxygen atoms in total. The average Bonchev–Trinajstić information content (AvgIpc) is 2.53. The Morgan fingerprint density at radius 3 is 2.39 bits per heavy atom. The number of carbonyl (C=O) groups excluding carboxylic acids is 1. The highest BCUT2D eigenvalue weighted by atomic mass is 79.9.